The highest BCUT2D eigenvalue weighted by Crippen LogP contribution is 2.43. The number of rotatable bonds is 6. The molecule has 0 fully saturated rings. The van der Waals surface area contributed by atoms with Gasteiger partial charge >= 0.3 is 5.97 Å². The van der Waals surface area contributed by atoms with Crippen molar-refractivity contribution in [2.45, 2.75) is 0 Å². The summed E-state index contributed by atoms with van der Waals surface area (Å²) in [6.45, 7) is -0.153. The van der Waals surface area contributed by atoms with Gasteiger partial charge in [-0.1, -0.05) is 97.1 Å². The van der Waals surface area contributed by atoms with Gasteiger partial charge in [0.1, 0.15) is 17.1 Å². The lowest BCUT2D eigenvalue weighted by molar-refractivity contribution is -0.142. The van der Waals surface area contributed by atoms with E-state index in [4.69, 9.17) is 13.9 Å². The molecule has 0 saturated heterocycles. The maximum Gasteiger partial charge on any atom is 0.343 e. The Morgan fingerprint density at radius 1 is 0.676 bits per heavy atom. The summed E-state index contributed by atoms with van der Waals surface area (Å²) in [4.78, 5) is 11.8. The van der Waals surface area contributed by atoms with Gasteiger partial charge in [-0.3, -0.25) is 0 Å². The Bertz CT molecular complexity index is 1720. The molecule has 180 valence electrons. The molecule has 0 N–H and O–H groups in total. The van der Waals surface area contributed by atoms with E-state index in [1.807, 2.05) is 78.9 Å². The lowest BCUT2D eigenvalue weighted by Crippen LogP contribution is -2.13. The standard InChI is InChI=1S/C33H24O4/c1-35-30(34)21-36-29-19-17-24-20-25(16-18-26(24)31(29)22-10-4-2-5-11-22)33-32(23-12-6-3-7-13-23)27-14-8-9-15-28(27)37-33/h2-20H,21H2,1H3. The van der Waals surface area contributed by atoms with Crippen LogP contribution in [0.4, 0.5) is 0 Å². The van der Waals surface area contributed by atoms with Gasteiger partial charge in [-0.15, -0.1) is 0 Å². The Kier molecular flexibility index (Phi) is 5.91. The predicted molar refractivity (Wildman–Crippen MR) is 148 cm³/mol. The maximum atomic E-state index is 11.8. The third-order valence-corrected chi connectivity index (χ3v) is 6.54. The number of carbonyl (C=O) groups is 1. The van der Waals surface area contributed by atoms with Crippen LogP contribution >= 0.6 is 0 Å². The molecular weight excluding hydrogens is 460 g/mol. The van der Waals surface area contributed by atoms with E-state index < -0.39 is 5.97 Å². The number of methoxy groups -OCH3 is 1. The lowest BCUT2D eigenvalue weighted by atomic mass is 9.93. The summed E-state index contributed by atoms with van der Waals surface area (Å²) in [5.74, 6) is 1.04. The second-order valence-electron chi connectivity index (χ2n) is 8.77. The minimum absolute atomic E-state index is 0.153. The summed E-state index contributed by atoms with van der Waals surface area (Å²) in [7, 11) is 1.35. The number of ether oxygens (including phenoxy) is 2. The third-order valence-electron chi connectivity index (χ3n) is 6.54. The van der Waals surface area contributed by atoms with E-state index in [1.165, 1.54) is 7.11 Å². The Hall–Kier alpha value is -4.83. The van der Waals surface area contributed by atoms with Crippen molar-refractivity contribution in [2.75, 3.05) is 13.7 Å². The minimum atomic E-state index is -0.423. The summed E-state index contributed by atoms with van der Waals surface area (Å²) in [5, 5.41) is 3.15. The van der Waals surface area contributed by atoms with Crippen molar-refractivity contribution in [3.63, 3.8) is 0 Å². The second kappa shape index (κ2) is 9.67. The molecule has 0 aliphatic heterocycles. The van der Waals surface area contributed by atoms with Crippen LogP contribution in [0.15, 0.2) is 120 Å². The molecule has 1 heterocycles. The lowest BCUT2D eigenvalue weighted by Gasteiger charge is -2.15. The summed E-state index contributed by atoms with van der Waals surface area (Å²) in [5.41, 5.74) is 5.98. The van der Waals surface area contributed by atoms with E-state index in [0.717, 1.165) is 55.3 Å². The van der Waals surface area contributed by atoms with Crippen molar-refractivity contribution < 1.29 is 18.7 Å². The van der Waals surface area contributed by atoms with Gasteiger partial charge in [-0.2, -0.15) is 0 Å². The fourth-order valence-corrected chi connectivity index (χ4v) is 4.81. The first-order valence-electron chi connectivity index (χ1n) is 12.1. The smallest absolute Gasteiger partial charge is 0.343 e. The third kappa shape index (κ3) is 4.23. The fourth-order valence-electron chi connectivity index (χ4n) is 4.81. The van der Waals surface area contributed by atoms with E-state index in [9.17, 15) is 4.79 Å². The molecule has 0 bridgehead atoms. The average Bonchev–Trinajstić information content (AvgIpc) is 3.36. The number of para-hydroxylation sites is 1. The number of fused-ring (bicyclic) bond motifs is 2. The molecule has 5 aromatic carbocycles. The summed E-state index contributed by atoms with van der Waals surface area (Å²) in [6, 6.07) is 38.8. The van der Waals surface area contributed by atoms with Crippen LogP contribution in [-0.2, 0) is 9.53 Å². The normalized spacial score (nSPS) is 11.1. The van der Waals surface area contributed by atoms with E-state index >= 15 is 0 Å². The quantitative estimate of drug-likeness (QED) is 0.224. The SMILES string of the molecule is COC(=O)COc1ccc2cc(-c3oc4ccccc4c3-c3ccccc3)ccc2c1-c1ccccc1. The van der Waals surface area contributed by atoms with Gasteiger partial charge in [0.05, 0.1) is 7.11 Å². The molecular formula is C33H24O4. The van der Waals surface area contributed by atoms with Crippen LogP contribution in [0, 0.1) is 0 Å². The molecule has 37 heavy (non-hydrogen) atoms. The number of hydrogen-bond acceptors (Lipinski definition) is 4. The molecule has 6 aromatic rings. The van der Waals surface area contributed by atoms with Gasteiger partial charge in [0, 0.05) is 22.1 Å². The van der Waals surface area contributed by atoms with Crippen LogP contribution in [0.5, 0.6) is 5.75 Å². The largest absolute Gasteiger partial charge is 0.481 e. The molecule has 0 saturated carbocycles. The first-order valence-corrected chi connectivity index (χ1v) is 12.1. The van der Waals surface area contributed by atoms with E-state index in [2.05, 4.69) is 36.4 Å². The average molecular weight is 485 g/mol. The number of carbonyl (C=O) groups excluding carboxylic acids is 1. The van der Waals surface area contributed by atoms with Crippen molar-refractivity contribution in [2.24, 2.45) is 0 Å². The number of esters is 1. The molecule has 0 spiro atoms. The van der Waals surface area contributed by atoms with Crippen LogP contribution in [0.25, 0.3) is 55.3 Å². The van der Waals surface area contributed by atoms with Crippen LogP contribution in [0.2, 0.25) is 0 Å². The van der Waals surface area contributed by atoms with Gasteiger partial charge < -0.3 is 13.9 Å². The molecule has 0 unspecified atom stereocenters. The predicted octanol–water partition coefficient (Wildman–Crippen LogP) is 8.14. The zero-order chi connectivity index (χ0) is 25.2. The highest BCUT2D eigenvalue weighted by atomic mass is 16.6. The van der Waals surface area contributed by atoms with E-state index in [-0.39, 0.29) is 6.61 Å². The van der Waals surface area contributed by atoms with Gasteiger partial charge in [-0.05, 0) is 40.1 Å². The topological polar surface area (TPSA) is 48.7 Å². The Morgan fingerprint density at radius 2 is 1.35 bits per heavy atom. The highest BCUT2D eigenvalue weighted by molar-refractivity contribution is 6.05. The van der Waals surface area contributed by atoms with Crippen molar-refractivity contribution in [1.29, 1.82) is 0 Å². The van der Waals surface area contributed by atoms with Gasteiger partial charge in [0.2, 0.25) is 0 Å². The zero-order valence-electron chi connectivity index (χ0n) is 20.3. The molecule has 0 aliphatic carbocycles. The maximum absolute atomic E-state index is 11.8. The Balaban J connectivity index is 1.53. The van der Waals surface area contributed by atoms with Gasteiger partial charge in [0.25, 0.3) is 0 Å². The van der Waals surface area contributed by atoms with Crippen molar-refractivity contribution in [3.8, 4) is 39.3 Å². The Labute approximate surface area is 214 Å². The summed E-state index contributed by atoms with van der Waals surface area (Å²) < 4.78 is 17.1. The molecule has 0 amide bonds. The van der Waals surface area contributed by atoms with Crippen LogP contribution in [0.1, 0.15) is 0 Å². The Morgan fingerprint density at radius 3 is 2.08 bits per heavy atom. The molecule has 0 atom stereocenters. The van der Waals surface area contributed by atoms with Crippen molar-refractivity contribution >= 4 is 27.7 Å². The highest BCUT2D eigenvalue weighted by Gasteiger charge is 2.19. The number of furan rings is 1. The minimum Gasteiger partial charge on any atom is -0.481 e. The molecule has 0 aliphatic rings. The second-order valence-corrected chi connectivity index (χ2v) is 8.77. The van der Waals surface area contributed by atoms with Gasteiger partial charge in [0.15, 0.2) is 6.61 Å². The molecule has 6 rings (SSSR count). The van der Waals surface area contributed by atoms with Crippen molar-refractivity contribution in [1.82, 2.24) is 0 Å². The van der Waals surface area contributed by atoms with E-state index in [1.54, 1.807) is 0 Å². The first-order chi connectivity index (χ1) is 18.2. The molecule has 1 aromatic heterocycles. The molecule has 4 heteroatoms. The van der Waals surface area contributed by atoms with Crippen LogP contribution in [0.3, 0.4) is 0 Å². The van der Waals surface area contributed by atoms with Crippen LogP contribution in [-0.4, -0.2) is 19.7 Å². The van der Waals surface area contributed by atoms with Crippen molar-refractivity contribution in [3.05, 3.63) is 115 Å². The van der Waals surface area contributed by atoms with E-state index in [0.29, 0.717) is 5.75 Å². The monoisotopic (exact) mass is 484 g/mol. The number of benzene rings is 5. The summed E-state index contributed by atoms with van der Waals surface area (Å²) >= 11 is 0. The number of hydrogen-bond donors (Lipinski definition) is 0. The van der Waals surface area contributed by atoms with Crippen LogP contribution < -0.4 is 4.74 Å². The van der Waals surface area contributed by atoms with Gasteiger partial charge in [-0.25, -0.2) is 4.79 Å². The first kappa shape index (κ1) is 22.6. The molecule has 4 nitrogen and oxygen atoms in total. The summed E-state index contributed by atoms with van der Waals surface area (Å²) in [6.07, 6.45) is 0. The zero-order valence-corrected chi connectivity index (χ0v) is 20.3. The molecule has 0 radical (unpaired) electrons. The fraction of sp³-hybridized carbons (Fsp3) is 0.0606.